The molecular weight excluding hydrogens is 280 g/mol. The minimum Gasteiger partial charge on any atom is -0.495 e. The summed E-state index contributed by atoms with van der Waals surface area (Å²) in [5.74, 6) is 0.750. The predicted molar refractivity (Wildman–Crippen MR) is 86.8 cm³/mol. The number of morpholine rings is 1. The van der Waals surface area contributed by atoms with E-state index in [1.807, 2.05) is 29.7 Å². The molecule has 5 nitrogen and oxygen atoms in total. The third-order valence-electron chi connectivity index (χ3n) is 4.26. The average molecular weight is 302 g/mol. The van der Waals surface area contributed by atoms with Gasteiger partial charge in [0.1, 0.15) is 5.75 Å². The number of hydrogen-bond donors (Lipinski definition) is 0. The van der Waals surface area contributed by atoms with Crippen LogP contribution in [0, 0.1) is 6.92 Å². The van der Waals surface area contributed by atoms with Gasteiger partial charge in [-0.15, -0.1) is 0 Å². The number of aromatic nitrogens is 1. The van der Waals surface area contributed by atoms with E-state index < -0.39 is 0 Å². The van der Waals surface area contributed by atoms with Gasteiger partial charge in [-0.2, -0.15) is 0 Å². The van der Waals surface area contributed by atoms with Crippen LogP contribution < -0.4 is 10.3 Å². The van der Waals surface area contributed by atoms with Crippen LogP contribution in [0.25, 0.3) is 10.9 Å². The van der Waals surface area contributed by atoms with Crippen molar-refractivity contribution in [3.63, 3.8) is 0 Å². The Morgan fingerprint density at radius 3 is 2.73 bits per heavy atom. The molecule has 22 heavy (non-hydrogen) atoms. The van der Waals surface area contributed by atoms with Crippen molar-refractivity contribution in [2.45, 2.75) is 13.5 Å². The van der Waals surface area contributed by atoms with Gasteiger partial charge in [-0.3, -0.25) is 9.69 Å². The van der Waals surface area contributed by atoms with E-state index in [1.165, 1.54) is 0 Å². The molecule has 0 unspecified atom stereocenters. The minimum absolute atomic E-state index is 0.0303. The van der Waals surface area contributed by atoms with Crippen LogP contribution >= 0.6 is 0 Å². The van der Waals surface area contributed by atoms with Crippen molar-refractivity contribution in [1.29, 1.82) is 0 Å². The molecule has 0 amide bonds. The summed E-state index contributed by atoms with van der Waals surface area (Å²) >= 11 is 0. The van der Waals surface area contributed by atoms with E-state index in [2.05, 4.69) is 4.90 Å². The number of aryl methyl sites for hydroxylation is 1. The van der Waals surface area contributed by atoms with Gasteiger partial charge in [-0.1, -0.05) is 12.1 Å². The molecule has 118 valence electrons. The van der Waals surface area contributed by atoms with E-state index in [9.17, 15) is 4.79 Å². The van der Waals surface area contributed by atoms with Gasteiger partial charge in [0.05, 0.1) is 25.8 Å². The van der Waals surface area contributed by atoms with Crippen molar-refractivity contribution >= 4 is 10.9 Å². The Kier molecular flexibility index (Phi) is 4.45. The summed E-state index contributed by atoms with van der Waals surface area (Å²) in [7, 11) is 1.65. The SMILES string of the molecule is COc1cccc2c(C)cc(=O)n(CCN3CCOCC3)c12. The van der Waals surface area contributed by atoms with E-state index in [0.29, 0.717) is 6.54 Å². The van der Waals surface area contributed by atoms with Gasteiger partial charge < -0.3 is 14.0 Å². The fourth-order valence-electron chi connectivity index (χ4n) is 3.02. The van der Waals surface area contributed by atoms with Gasteiger partial charge in [-0.05, 0) is 18.6 Å². The van der Waals surface area contributed by atoms with E-state index in [4.69, 9.17) is 9.47 Å². The zero-order valence-corrected chi connectivity index (χ0v) is 13.2. The topological polar surface area (TPSA) is 43.7 Å². The van der Waals surface area contributed by atoms with E-state index in [-0.39, 0.29) is 5.56 Å². The third kappa shape index (κ3) is 2.87. The fourth-order valence-corrected chi connectivity index (χ4v) is 3.02. The van der Waals surface area contributed by atoms with Crippen LogP contribution in [0.5, 0.6) is 5.75 Å². The molecule has 0 spiro atoms. The lowest BCUT2D eigenvalue weighted by molar-refractivity contribution is 0.0364. The lowest BCUT2D eigenvalue weighted by Gasteiger charge is -2.27. The van der Waals surface area contributed by atoms with Crippen molar-refractivity contribution in [3.05, 3.63) is 40.2 Å². The first kappa shape index (κ1) is 15.1. The molecule has 1 saturated heterocycles. The van der Waals surface area contributed by atoms with Crippen molar-refractivity contribution in [2.75, 3.05) is 40.0 Å². The van der Waals surface area contributed by atoms with Gasteiger partial charge in [0.25, 0.3) is 5.56 Å². The number of fused-ring (bicyclic) bond motifs is 1. The van der Waals surface area contributed by atoms with Crippen LogP contribution in [0.2, 0.25) is 0 Å². The summed E-state index contributed by atoms with van der Waals surface area (Å²) in [6.07, 6.45) is 0. The van der Waals surface area contributed by atoms with Gasteiger partial charge in [0.2, 0.25) is 0 Å². The van der Waals surface area contributed by atoms with Crippen LogP contribution in [0.3, 0.4) is 0 Å². The Balaban J connectivity index is 1.98. The van der Waals surface area contributed by atoms with Crippen molar-refractivity contribution in [3.8, 4) is 5.75 Å². The Morgan fingerprint density at radius 1 is 1.23 bits per heavy atom. The molecule has 5 heteroatoms. The van der Waals surface area contributed by atoms with Crippen molar-refractivity contribution < 1.29 is 9.47 Å². The normalized spacial score (nSPS) is 16.1. The van der Waals surface area contributed by atoms with Gasteiger partial charge in [0.15, 0.2) is 0 Å². The van der Waals surface area contributed by atoms with Crippen LogP contribution in [-0.4, -0.2) is 49.4 Å². The molecule has 0 aliphatic carbocycles. The second kappa shape index (κ2) is 6.50. The molecular formula is C17H22N2O3. The molecule has 2 aromatic rings. The van der Waals surface area contributed by atoms with E-state index in [0.717, 1.165) is 55.1 Å². The molecule has 2 heterocycles. The molecule has 0 N–H and O–H groups in total. The molecule has 1 fully saturated rings. The molecule has 3 rings (SSSR count). The number of ether oxygens (including phenoxy) is 2. The highest BCUT2D eigenvalue weighted by Gasteiger charge is 2.14. The molecule has 1 aliphatic heterocycles. The first-order valence-electron chi connectivity index (χ1n) is 7.68. The van der Waals surface area contributed by atoms with Gasteiger partial charge in [-0.25, -0.2) is 0 Å². The second-order valence-electron chi connectivity index (χ2n) is 5.63. The number of rotatable bonds is 4. The zero-order chi connectivity index (χ0) is 15.5. The maximum Gasteiger partial charge on any atom is 0.251 e. The maximum atomic E-state index is 12.5. The first-order valence-corrected chi connectivity index (χ1v) is 7.68. The number of benzene rings is 1. The van der Waals surface area contributed by atoms with E-state index in [1.54, 1.807) is 13.2 Å². The highest BCUT2D eigenvalue weighted by molar-refractivity contribution is 5.87. The standard InChI is InChI=1S/C17H22N2O3/c1-13-12-16(20)19(7-6-18-8-10-22-11-9-18)17-14(13)4-3-5-15(17)21-2/h3-5,12H,6-11H2,1-2H3. The number of methoxy groups -OCH3 is 1. The monoisotopic (exact) mass is 302 g/mol. The van der Waals surface area contributed by atoms with E-state index >= 15 is 0 Å². The summed E-state index contributed by atoms with van der Waals surface area (Å²) in [6.45, 7) is 6.87. The number of hydrogen-bond acceptors (Lipinski definition) is 4. The Labute approximate surface area is 130 Å². The summed E-state index contributed by atoms with van der Waals surface area (Å²) in [5.41, 5.74) is 1.91. The maximum absolute atomic E-state index is 12.5. The third-order valence-corrected chi connectivity index (χ3v) is 4.26. The molecule has 0 atom stereocenters. The Hall–Kier alpha value is -1.85. The summed E-state index contributed by atoms with van der Waals surface area (Å²) < 4.78 is 12.7. The lowest BCUT2D eigenvalue weighted by Crippen LogP contribution is -2.39. The smallest absolute Gasteiger partial charge is 0.251 e. The van der Waals surface area contributed by atoms with Crippen LogP contribution in [0.1, 0.15) is 5.56 Å². The molecule has 1 aromatic heterocycles. The first-order chi connectivity index (χ1) is 10.7. The molecule has 1 aromatic carbocycles. The Bertz CT molecular complexity index is 718. The summed E-state index contributed by atoms with van der Waals surface area (Å²) in [5, 5.41) is 1.07. The lowest BCUT2D eigenvalue weighted by atomic mass is 10.1. The van der Waals surface area contributed by atoms with Crippen LogP contribution in [0.4, 0.5) is 0 Å². The van der Waals surface area contributed by atoms with Crippen LogP contribution in [0.15, 0.2) is 29.1 Å². The fraction of sp³-hybridized carbons (Fsp3) is 0.471. The average Bonchev–Trinajstić information content (AvgIpc) is 2.55. The largest absolute Gasteiger partial charge is 0.495 e. The highest BCUT2D eigenvalue weighted by Crippen LogP contribution is 2.26. The number of nitrogens with zero attached hydrogens (tertiary/aromatic N) is 2. The number of para-hydroxylation sites is 1. The second-order valence-corrected chi connectivity index (χ2v) is 5.63. The molecule has 0 bridgehead atoms. The van der Waals surface area contributed by atoms with Gasteiger partial charge in [0, 0.05) is 37.6 Å². The quantitative estimate of drug-likeness (QED) is 0.861. The van der Waals surface area contributed by atoms with Crippen molar-refractivity contribution in [1.82, 2.24) is 9.47 Å². The highest BCUT2D eigenvalue weighted by atomic mass is 16.5. The minimum atomic E-state index is 0.0303. The van der Waals surface area contributed by atoms with Gasteiger partial charge >= 0.3 is 0 Å². The predicted octanol–water partition coefficient (Wildman–Crippen LogP) is 1.65. The van der Waals surface area contributed by atoms with Crippen molar-refractivity contribution in [2.24, 2.45) is 0 Å². The molecule has 0 radical (unpaired) electrons. The molecule has 1 aliphatic rings. The molecule has 0 saturated carbocycles. The summed E-state index contributed by atoms with van der Waals surface area (Å²) in [4.78, 5) is 14.8. The van der Waals surface area contributed by atoms with Crippen LogP contribution in [-0.2, 0) is 11.3 Å². The Morgan fingerprint density at radius 2 is 2.00 bits per heavy atom. The zero-order valence-electron chi connectivity index (χ0n) is 13.2. The number of pyridine rings is 1. The summed E-state index contributed by atoms with van der Waals surface area (Å²) in [6, 6.07) is 7.62.